The highest BCUT2D eigenvalue weighted by molar-refractivity contribution is 5.92. The highest BCUT2D eigenvalue weighted by Crippen LogP contribution is 2.32. The van der Waals surface area contributed by atoms with Crippen LogP contribution in [-0.2, 0) is 4.74 Å². The maximum atomic E-state index is 5.68. The molecule has 0 spiro atoms. The van der Waals surface area contributed by atoms with Crippen LogP contribution < -0.4 is 10.2 Å². The average molecular weight is 466 g/mol. The van der Waals surface area contributed by atoms with Gasteiger partial charge < -0.3 is 24.5 Å². The minimum Gasteiger partial charge on any atom is -0.375 e. The van der Waals surface area contributed by atoms with Crippen molar-refractivity contribution in [1.82, 2.24) is 15.1 Å². The molecule has 35 heavy (non-hydrogen) atoms. The molecule has 5 aromatic rings. The number of hydrogen-bond donors (Lipinski definition) is 2. The van der Waals surface area contributed by atoms with Crippen LogP contribution in [0, 0.1) is 6.92 Å². The number of anilines is 3. The van der Waals surface area contributed by atoms with E-state index in [1.807, 2.05) is 36.5 Å². The van der Waals surface area contributed by atoms with Gasteiger partial charge in [0.1, 0.15) is 5.82 Å². The van der Waals surface area contributed by atoms with E-state index in [-0.39, 0.29) is 6.10 Å². The first-order valence-corrected chi connectivity index (χ1v) is 11.9. The number of rotatable bonds is 5. The van der Waals surface area contributed by atoms with Crippen LogP contribution in [0.2, 0.25) is 0 Å². The Labute approximate surface area is 203 Å². The Hall–Kier alpha value is -4.10. The van der Waals surface area contributed by atoms with Crippen molar-refractivity contribution in [2.75, 3.05) is 29.9 Å². The Morgan fingerprint density at radius 3 is 2.71 bits per heavy atom. The molecule has 7 nitrogen and oxygen atoms in total. The molecule has 1 saturated heterocycles. The number of nitrogens with zero attached hydrogens (tertiary/aromatic N) is 3. The first-order valence-electron chi connectivity index (χ1n) is 11.9. The van der Waals surface area contributed by atoms with Gasteiger partial charge in [-0.25, -0.2) is 4.98 Å². The second-order valence-corrected chi connectivity index (χ2v) is 9.01. The molecule has 1 fully saturated rings. The number of H-pyrrole nitrogens is 1. The molecule has 1 atom stereocenters. The molecule has 1 aliphatic rings. The smallest absolute Gasteiger partial charge is 0.180 e. The van der Waals surface area contributed by atoms with Crippen molar-refractivity contribution in [2.45, 2.75) is 20.0 Å². The minimum atomic E-state index is 0.173. The van der Waals surface area contributed by atoms with Gasteiger partial charge in [0.25, 0.3) is 0 Å². The molecule has 2 aromatic heterocycles. The molecule has 0 unspecified atom stereocenters. The second-order valence-electron chi connectivity index (χ2n) is 9.01. The molecule has 3 heterocycles. The zero-order valence-corrected chi connectivity index (χ0v) is 19.8. The van der Waals surface area contributed by atoms with Crippen molar-refractivity contribution in [3.05, 3.63) is 78.5 Å². The van der Waals surface area contributed by atoms with E-state index in [0.717, 1.165) is 69.5 Å². The number of morpholine rings is 1. The summed E-state index contributed by atoms with van der Waals surface area (Å²) < 4.78 is 11.3. The van der Waals surface area contributed by atoms with Crippen molar-refractivity contribution in [3.8, 4) is 22.6 Å². The van der Waals surface area contributed by atoms with Crippen LogP contribution in [-0.4, -0.2) is 40.9 Å². The predicted molar refractivity (Wildman–Crippen MR) is 139 cm³/mol. The van der Waals surface area contributed by atoms with Gasteiger partial charge in [0.2, 0.25) is 0 Å². The monoisotopic (exact) mass is 465 g/mol. The molecule has 1 aliphatic heterocycles. The summed E-state index contributed by atoms with van der Waals surface area (Å²) in [6.45, 7) is 6.48. The van der Waals surface area contributed by atoms with Crippen LogP contribution in [0.4, 0.5) is 17.2 Å². The Kier molecular flexibility index (Phi) is 5.47. The lowest BCUT2D eigenvalue weighted by molar-refractivity contribution is 0.0528. The fourth-order valence-corrected chi connectivity index (χ4v) is 4.59. The summed E-state index contributed by atoms with van der Waals surface area (Å²) in [6, 6.07) is 22.6. The van der Waals surface area contributed by atoms with E-state index in [1.165, 1.54) is 0 Å². The molecule has 0 amide bonds. The van der Waals surface area contributed by atoms with E-state index in [1.54, 1.807) is 0 Å². The van der Waals surface area contributed by atoms with Crippen LogP contribution in [0.25, 0.3) is 33.6 Å². The summed E-state index contributed by atoms with van der Waals surface area (Å²) >= 11 is 0. The van der Waals surface area contributed by atoms with Crippen molar-refractivity contribution < 1.29 is 9.26 Å². The number of hydrogen-bond acceptors (Lipinski definition) is 6. The maximum absolute atomic E-state index is 5.68. The molecular formula is C28H27N5O2. The van der Waals surface area contributed by atoms with Crippen molar-refractivity contribution in [1.29, 1.82) is 0 Å². The summed E-state index contributed by atoms with van der Waals surface area (Å²) in [6.07, 6.45) is 2.06. The number of aryl methyl sites for hydroxylation is 1. The molecule has 0 bridgehead atoms. The zero-order valence-electron chi connectivity index (χ0n) is 19.8. The number of ether oxygens (including phenoxy) is 1. The van der Waals surface area contributed by atoms with Gasteiger partial charge in [-0.2, -0.15) is 0 Å². The number of benzene rings is 3. The fraction of sp³-hybridized carbons (Fsp3) is 0.214. The molecule has 7 heteroatoms. The zero-order chi connectivity index (χ0) is 23.8. The average Bonchev–Trinajstić information content (AvgIpc) is 3.53. The molecular weight excluding hydrogens is 438 g/mol. The molecule has 0 saturated carbocycles. The lowest BCUT2D eigenvalue weighted by atomic mass is 10.1. The van der Waals surface area contributed by atoms with Crippen LogP contribution in [0.5, 0.6) is 0 Å². The second kappa shape index (κ2) is 8.92. The van der Waals surface area contributed by atoms with Crippen LogP contribution in [0.15, 0.2) is 77.4 Å². The van der Waals surface area contributed by atoms with E-state index in [4.69, 9.17) is 9.26 Å². The third kappa shape index (κ3) is 4.26. The molecule has 6 rings (SSSR count). The molecule has 176 valence electrons. The van der Waals surface area contributed by atoms with Crippen molar-refractivity contribution in [3.63, 3.8) is 0 Å². The topological polar surface area (TPSA) is 79.2 Å². The first kappa shape index (κ1) is 21.4. The van der Waals surface area contributed by atoms with E-state index in [0.29, 0.717) is 6.61 Å². The van der Waals surface area contributed by atoms with Gasteiger partial charge in [-0.05, 0) is 55.3 Å². The standard InChI is InChI=1S/C28H27N5O2/c1-18-8-9-21(14-23(18)27-29-16-25(31-27)20-6-4-3-5-7-20)30-22-10-11-26-24(15-22)28(32-35-26)33-12-13-34-19(2)17-33/h3-11,14-16,19,30H,12-13,17H2,1-2H3,(H,29,31)/t19-/m0/s1. The van der Waals surface area contributed by atoms with Crippen LogP contribution in [0.1, 0.15) is 12.5 Å². The summed E-state index contributed by atoms with van der Waals surface area (Å²) in [4.78, 5) is 10.4. The summed E-state index contributed by atoms with van der Waals surface area (Å²) in [5, 5.41) is 8.89. The highest BCUT2D eigenvalue weighted by atomic mass is 16.5. The van der Waals surface area contributed by atoms with Gasteiger partial charge in [0, 0.05) is 30.0 Å². The van der Waals surface area contributed by atoms with Gasteiger partial charge in [-0.15, -0.1) is 0 Å². The molecule has 0 aliphatic carbocycles. The fourth-order valence-electron chi connectivity index (χ4n) is 4.59. The van der Waals surface area contributed by atoms with E-state index in [9.17, 15) is 0 Å². The lowest BCUT2D eigenvalue weighted by Crippen LogP contribution is -2.41. The van der Waals surface area contributed by atoms with Gasteiger partial charge in [-0.1, -0.05) is 41.6 Å². The normalized spacial score (nSPS) is 16.1. The van der Waals surface area contributed by atoms with Gasteiger partial charge in [-0.3, -0.25) is 0 Å². The van der Waals surface area contributed by atoms with Gasteiger partial charge in [0.05, 0.1) is 30.0 Å². The summed E-state index contributed by atoms with van der Waals surface area (Å²) in [5.74, 6) is 1.72. The third-order valence-electron chi connectivity index (χ3n) is 6.43. The summed E-state index contributed by atoms with van der Waals surface area (Å²) in [7, 11) is 0. The number of nitrogens with one attached hydrogen (secondary N) is 2. The van der Waals surface area contributed by atoms with Gasteiger partial charge in [0.15, 0.2) is 11.4 Å². The Bertz CT molecular complexity index is 1470. The number of aromatic nitrogens is 3. The van der Waals surface area contributed by atoms with E-state index >= 15 is 0 Å². The minimum absolute atomic E-state index is 0.173. The highest BCUT2D eigenvalue weighted by Gasteiger charge is 2.22. The predicted octanol–water partition coefficient (Wildman–Crippen LogP) is 6.16. The number of aromatic amines is 1. The Balaban J connectivity index is 1.28. The van der Waals surface area contributed by atoms with Crippen molar-refractivity contribution in [2.24, 2.45) is 0 Å². The quantitative estimate of drug-likeness (QED) is 0.324. The van der Waals surface area contributed by atoms with E-state index < -0.39 is 0 Å². The van der Waals surface area contributed by atoms with E-state index in [2.05, 4.69) is 75.6 Å². The van der Waals surface area contributed by atoms with Crippen LogP contribution in [0.3, 0.4) is 0 Å². The third-order valence-corrected chi connectivity index (χ3v) is 6.43. The van der Waals surface area contributed by atoms with Crippen LogP contribution >= 0.6 is 0 Å². The number of fused-ring (bicyclic) bond motifs is 1. The maximum Gasteiger partial charge on any atom is 0.180 e. The Morgan fingerprint density at radius 2 is 1.86 bits per heavy atom. The lowest BCUT2D eigenvalue weighted by Gasteiger charge is -2.31. The number of imidazole rings is 1. The molecule has 2 N–H and O–H groups in total. The van der Waals surface area contributed by atoms with Crippen molar-refractivity contribution >= 4 is 28.2 Å². The van der Waals surface area contributed by atoms with Gasteiger partial charge >= 0.3 is 0 Å². The largest absolute Gasteiger partial charge is 0.375 e. The molecule has 0 radical (unpaired) electrons. The SMILES string of the molecule is Cc1ccc(Nc2ccc3onc(N4CCO[C@@H](C)C4)c3c2)cc1-c1ncc(-c2ccccc2)[nH]1. The Morgan fingerprint density at radius 1 is 1.03 bits per heavy atom. The summed E-state index contributed by atoms with van der Waals surface area (Å²) in [5.41, 5.74) is 7.07. The first-order chi connectivity index (χ1) is 17.1. The molecule has 3 aromatic carbocycles.